The Morgan fingerprint density at radius 3 is 2.87 bits per heavy atom. The van der Waals surface area contributed by atoms with Crippen molar-refractivity contribution in [2.24, 2.45) is 0 Å². The van der Waals surface area contributed by atoms with Crippen LogP contribution < -0.4 is 0 Å². The van der Waals surface area contributed by atoms with Gasteiger partial charge in [-0.05, 0) is 13.0 Å². The molecule has 0 bridgehead atoms. The van der Waals surface area contributed by atoms with Crippen molar-refractivity contribution in [2.45, 2.75) is 12.8 Å². The average molecular weight is 212 g/mol. The third-order valence-electron chi connectivity index (χ3n) is 2.26. The van der Waals surface area contributed by atoms with E-state index in [0.717, 1.165) is 39.3 Å². The van der Waals surface area contributed by atoms with E-state index in [1.165, 1.54) is 0 Å². The van der Waals surface area contributed by atoms with Gasteiger partial charge in [0.25, 0.3) is 0 Å². The van der Waals surface area contributed by atoms with Crippen molar-refractivity contribution in [3.8, 4) is 6.07 Å². The van der Waals surface area contributed by atoms with Crippen LogP contribution in [-0.4, -0.2) is 50.3 Å². The van der Waals surface area contributed by atoms with Gasteiger partial charge in [0.05, 0.1) is 13.2 Å². The first-order chi connectivity index (χ1) is 7.33. The van der Waals surface area contributed by atoms with Crippen LogP contribution in [0.2, 0.25) is 0 Å². The summed E-state index contributed by atoms with van der Waals surface area (Å²) >= 11 is 0. The molecular formula is C10H16N2O3. The van der Waals surface area contributed by atoms with E-state index in [-0.39, 0.29) is 12.6 Å². The van der Waals surface area contributed by atoms with Crippen molar-refractivity contribution in [1.82, 2.24) is 4.90 Å². The Balaban J connectivity index is 2.00. The van der Waals surface area contributed by atoms with E-state index in [1.807, 2.05) is 0 Å². The van der Waals surface area contributed by atoms with Crippen LogP contribution in [0.4, 0.5) is 0 Å². The molecule has 0 aromatic carbocycles. The fraction of sp³-hybridized carbons (Fsp3) is 0.800. The lowest BCUT2D eigenvalue weighted by Gasteiger charge is -2.26. The fourth-order valence-electron chi connectivity index (χ4n) is 1.46. The SMILES string of the molecule is N#CCOC(=O)CCCN1CCOCC1. The number of ether oxygens (including phenoxy) is 2. The highest BCUT2D eigenvalue weighted by atomic mass is 16.5. The molecule has 0 aromatic heterocycles. The van der Waals surface area contributed by atoms with E-state index >= 15 is 0 Å². The van der Waals surface area contributed by atoms with Crippen molar-refractivity contribution in [1.29, 1.82) is 5.26 Å². The maximum absolute atomic E-state index is 11.0. The molecule has 0 atom stereocenters. The van der Waals surface area contributed by atoms with Crippen LogP contribution in [0.1, 0.15) is 12.8 Å². The fourth-order valence-corrected chi connectivity index (χ4v) is 1.46. The minimum absolute atomic E-state index is 0.142. The highest BCUT2D eigenvalue weighted by molar-refractivity contribution is 5.69. The van der Waals surface area contributed by atoms with Crippen LogP contribution in [0.3, 0.4) is 0 Å². The molecule has 1 rings (SSSR count). The van der Waals surface area contributed by atoms with E-state index in [2.05, 4.69) is 9.64 Å². The van der Waals surface area contributed by atoms with E-state index in [4.69, 9.17) is 10.00 Å². The van der Waals surface area contributed by atoms with Crippen molar-refractivity contribution in [3.63, 3.8) is 0 Å². The molecular weight excluding hydrogens is 196 g/mol. The van der Waals surface area contributed by atoms with Crippen molar-refractivity contribution in [2.75, 3.05) is 39.5 Å². The molecule has 1 fully saturated rings. The summed E-state index contributed by atoms with van der Waals surface area (Å²) in [5, 5.41) is 8.20. The highest BCUT2D eigenvalue weighted by Gasteiger charge is 2.10. The van der Waals surface area contributed by atoms with Crippen LogP contribution in [-0.2, 0) is 14.3 Å². The Hall–Kier alpha value is -1.12. The second-order valence-corrected chi connectivity index (χ2v) is 3.38. The zero-order chi connectivity index (χ0) is 10.9. The average Bonchev–Trinajstić information content (AvgIpc) is 2.28. The summed E-state index contributed by atoms with van der Waals surface area (Å²) < 4.78 is 9.85. The number of rotatable bonds is 5. The van der Waals surface area contributed by atoms with Gasteiger partial charge in [-0.1, -0.05) is 0 Å². The molecule has 15 heavy (non-hydrogen) atoms. The summed E-state index contributed by atoms with van der Waals surface area (Å²) in [7, 11) is 0. The highest BCUT2D eigenvalue weighted by Crippen LogP contribution is 2.00. The molecule has 0 aliphatic carbocycles. The number of nitrogens with zero attached hydrogens (tertiary/aromatic N) is 2. The number of esters is 1. The van der Waals surface area contributed by atoms with Crippen LogP contribution >= 0.6 is 0 Å². The predicted molar refractivity (Wildman–Crippen MR) is 53.1 cm³/mol. The van der Waals surface area contributed by atoms with Gasteiger partial charge in [-0.2, -0.15) is 5.26 Å². The Bertz CT molecular complexity index is 231. The first kappa shape index (κ1) is 12.0. The normalized spacial score (nSPS) is 17.0. The second kappa shape index (κ2) is 7.21. The smallest absolute Gasteiger partial charge is 0.306 e. The number of nitriles is 1. The lowest BCUT2D eigenvalue weighted by atomic mass is 10.3. The van der Waals surface area contributed by atoms with E-state index in [9.17, 15) is 4.79 Å². The topological polar surface area (TPSA) is 62.6 Å². The summed E-state index contributed by atoms with van der Waals surface area (Å²) in [4.78, 5) is 13.3. The maximum Gasteiger partial charge on any atom is 0.306 e. The quantitative estimate of drug-likeness (QED) is 0.608. The summed E-state index contributed by atoms with van der Waals surface area (Å²) in [5.41, 5.74) is 0. The van der Waals surface area contributed by atoms with Gasteiger partial charge in [0.15, 0.2) is 6.61 Å². The summed E-state index contributed by atoms with van der Waals surface area (Å²) in [6, 6.07) is 1.77. The largest absolute Gasteiger partial charge is 0.450 e. The number of hydrogen-bond donors (Lipinski definition) is 0. The van der Waals surface area contributed by atoms with Gasteiger partial charge < -0.3 is 9.47 Å². The van der Waals surface area contributed by atoms with Gasteiger partial charge in [-0.3, -0.25) is 9.69 Å². The zero-order valence-corrected chi connectivity index (χ0v) is 8.78. The Morgan fingerprint density at radius 1 is 1.47 bits per heavy atom. The molecule has 0 unspecified atom stereocenters. The van der Waals surface area contributed by atoms with Crippen LogP contribution in [0.5, 0.6) is 0 Å². The molecule has 1 aliphatic heterocycles. The molecule has 1 heterocycles. The van der Waals surface area contributed by atoms with Crippen molar-refractivity contribution >= 4 is 5.97 Å². The maximum atomic E-state index is 11.0. The van der Waals surface area contributed by atoms with Crippen LogP contribution in [0.25, 0.3) is 0 Å². The minimum atomic E-state index is -0.287. The van der Waals surface area contributed by atoms with Crippen LogP contribution in [0.15, 0.2) is 0 Å². The molecule has 0 radical (unpaired) electrons. The lowest BCUT2D eigenvalue weighted by Crippen LogP contribution is -2.37. The van der Waals surface area contributed by atoms with Gasteiger partial charge in [0.2, 0.25) is 0 Å². The van der Waals surface area contributed by atoms with Crippen LogP contribution in [0, 0.1) is 11.3 Å². The number of carbonyl (C=O) groups excluding carboxylic acids is 1. The van der Waals surface area contributed by atoms with Gasteiger partial charge in [0.1, 0.15) is 6.07 Å². The molecule has 1 aliphatic rings. The summed E-state index contributed by atoms with van der Waals surface area (Å²) in [5.74, 6) is -0.287. The van der Waals surface area contributed by atoms with Gasteiger partial charge in [-0.25, -0.2) is 0 Å². The number of morpholine rings is 1. The Kier molecular flexibility index (Phi) is 5.74. The predicted octanol–water partition coefficient (Wildman–Crippen LogP) is 0.166. The van der Waals surface area contributed by atoms with Gasteiger partial charge >= 0.3 is 5.97 Å². The molecule has 0 N–H and O–H groups in total. The summed E-state index contributed by atoms with van der Waals surface area (Å²) in [6.07, 6.45) is 1.17. The standard InChI is InChI=1S/C10H16N2O3/c11-3-7-15-10(13)2-1-4-12-5-8-14-9-6-12/h1-2,4-9H2. The molecule has 0 amide bonds. The Labute approximate surface area is 89.6 Å². The molecule has 0 spiro atoms. The monoisotopic (exact) mass is 212 g/mol. The van der Waals surface area contributed by atoms with Crippen molar-refractivity contribution < 1.29 is 14.3 Å². The van der Waals surface area contributed by atoms with E-state index in [0.29, 0.717) is 6.42 Å². The molecule has 84 valence electrons. The minimum Gasteiger partial charge on any atom is -0.450 e. The number of hydrogen-bond acceptors (Lipinski definition) is 5. The second-order valence-electron chi connectivity index (χ2n) is 3.38. The molecule has 1 saturated heterocycles. The van der Waals surface area contributed by atoms with Gasteiger partial charge in [0, 0.05) is 19.5 Å². The van der Waals surface area contributed by atoms with Gasteiger partial charge in [-0.15, -0.1) is 0 Å². The Morgan fingerprint density at radius 2 is 2.20 bits per heavy atom. The van der Waals surface area contributed by atoms with Crippen molar-refractivity contribution in [3.05, 3.63) is 0 Å². The third kappa shape index (κ3) is 5.35. The molecule has 5 nitrogen and oxygen atoms in total. The molecule has 0 saturated carbocycles. The summed E-state index contributed by atoms with van der Waals surface area (Å²) in [6.45, 7) is 4.18. The third-order valence-corrected chi connectivity index (χ3v) is 2.26. The molecule has 5 heteroatoms. The van der Waals surface area contributed by atoms with E-state index in [1.54, 1.807) is 6.07 Å². The first-order valence-corrected chi connectivity index (χ1v) is 5.15. The lowest BCUT2D eigenvalue weighted by molar-refractivity contribution is -0.142. The zero-order valence-electron chi connectivity index (χ0n) is 8.78. The first-order valence-electron chi connectivity index (χ1n) is 5.15. The number of carbonyl (C=O) groups is 1. The molecule has 0 aromatic rings. The van der Waals surface area contributed by atoms with E-state index < -0.39 is 0 Å².